The van der Waals surface area contributed by atoms with Crippen molar-refractivity contribution < 1.29 is 4.79 Å². The number of rotatable bonds is 5. The van der Waals surface area contributed by atoms with Crippen LogP contribution in [0.15, 0.2) is 42.5 Å². The van der Waals surface area contributed by atoms with E-state index in [9.17, 15) is 4.79 Å². The van der Waals surface area contributed by atoms with E-state index in [1.54, 1.807) is 0 Å². The minimum atomic E-state index is -0.00129. The van der Waals surface area contributed by atoms with E-state index in [-0.39, 0.29) is 18.0 Å². The van der Waals surface area contributed by atoms with Crippen molar-refractivity contribution in [2.24, 2.45) is 7.05 Å². The summed E-state index contributed by atoms with van der Waals surface area (Å²) >= 11 is 0. The summed E-state index contributed by atoms with van der Waals surface area (Å²) in [6.07, 6.45) is 2.13. The van der Waals surface area contributed by atoms with E-state index in [0.29, 0.717) is 6.54 Å². The van der Waals surface area contributed by atoms with Gasteiger partial charge in [-0.3, -0.25) is 9.69 Å². The Kier molecular flexibility index (Phi) is 5.41. The summed E-state index contributed by atoms with van der Waals surface area (Å²) in [6, 6.07) is 14.8. The standard InChI is InChI=1S/C24H30N4O/c1-16-11-12-19(14-17(16)2)18(3)25-23(29)15-28-13-7-10-22(28)24-26-20-8-5-6-9-21(20)27(24)4/h5-6,8-9,11-12,14,18,22H,7,10,13,15H2,1-4H3,(H,25,29)/t18-,22+/m1/s1. The summed E-state index contributed by atoms with van der Waals surface area (Å²) in [5, 5.41) is 3.18. The minimum absolute atomic E-state index is 0.00129. The fourth-order valence-corrected chi connectivity index (χ4v) is 4.36. The zero-order valence-electron chi connectivity index (χ0n) is 17.8. The number of aromatic nitrogens is 2. The van der Waals surface area contributed by atoms with Crippen LogP contribution in [-0.2, 0) is 11.8 Å². The number of nitrogens with one attached hydrogen (secondary N) is 1. The molecule has 3 aromatic rings. The minimum Gasteiger partial charge on any atom is -0.348 e. The van der Waals surface area contributed by atoms with Gasteiger partial charge >= 0.3 is 0 Å². The number of hydrogen-bond donors (Lipinski definition) is 1. The Hall–Kier alpha value is -2.66. The molecule has 0 unspecified atom stereocenters. The fraction of sp³-hybridized carbons (Fsp3) is 0.417. The summed E-state index contributed by atoms with van der Waals surface area (Å²) < 4.78 is 2.17. The van der Waals surface area contributed by atoms with Crippen molar-refractivity contribution in [1.29, 1.82) is 0 Å². The van der Waals surface area contributed by atoms with Crippen molar-refractivity contribution in [2.75, 3.05) is 13.1 Å². The van der Waals surface area contributed by atoms with E-state index >= 15 is 0 Å². The van der Waals surface area contributed by atoms with Gasteiger partial charge in [-0.05, 0) is 69.0 Å². The van der Waals surface area contributed by atoms with Crippen molar-refractivity contribution >= 4 is 16.9 Å². The first-order chi connectivity index (χ1) is 13.9. The first-order valence-corrected chi connectivity index (χ1v) is 10.5. The van der Waals surface area contributed by atoms with E-state index in [1.807, 2.05) is 12.1 Å². The van der Waals surface area contributed by atoms with Crippen LogP contribution in [0.2, 0.25) is 0 Å². The molecule has 0 radical (unpaired) electrons. The van der Waals surface area contributed by atoms with E-state index in [1.165, 1.54) is 11.1 Å². The van der Waals surface area contributed by atoms with E-state index in [2.05, 4.69) is 72.9 Å². The van der Waals surface area contributed by atoms with E-state index in [0.717, 1.165) is 41.8 Å². The van der Waals surface area contributed by atoms with Gasteiger partial charge in [0, 0.05) is 7.05 Å². The van der Waals surface area contributed by atoms with Crippen LogP contribution in [0, 0.1) is 13.8 Å². The number of para-hydroxylation sites is 2. The van der Waals surface area contributed by atoms with Crippen LogP contribution < -0.4 is 5.32 Å². The lowest BCUT2D eigenvalue weighted by molar-refractivity contribution is -0.123. The van der Waals surface area contributed by atoms with Crippen LogP contribution in [0.4, 0.5) is 0 Å². The lowest BCUT2D eigenvalue weighted by atomic mass is 10.0. The van der Waals surface area contributed by atoms with Crippen LogP contribution in [0.25, 0.3) is 11.0 Å². The molecule has 0 saturated carbocycles. The highest BCUT2D eigenvalue weighted by Crippen LogP contribution is 2.32. The van der Waals surface area contributed by atoms with Gasteiger partial charge in [0.25, 0.3) is 0 Å². The molecule has 29 heavy (non-hydrogen) atoms. The number of aryl methyl sites for hydroxylation is 3. The van der Waals surface area contributed by atoms with Crippen LogP contribution >= 0.6 is 0 Å². The van der Waals surface area contributed by atoms with Crippen LogP contribution in [0.1, 0.15) is 54.4 Å². The van der Waals surface area contributed by atoms with Crippen molar-refractivity contribution in [3.05, 3.63) is 65.0 Å². The number of benzene rings is 2. The third-order valence-corrected chi connectivity index (χ3v) is 6.24. The van der Waals surface area contributed by atoms with Crippen LogP contribution in [0.5, 0.6) is 0 Å². The van der Waals surface area contributed by atoms with Gasteiger partial charge in [-0.15, -0.1) is 0 Å². The van der Waals surface area contributed by atoms with Gasteiger partial charge in [-0.1, -0.05) is 30.3 Å². The summed E-state index contributed by atoms with van der Waals surface area (Å²) in [5.74, 6) is 1.13. The molecule has 1 N–H and O–H groups in total. The molecule has 1 fully saturated rings. The molecule has 1 aliphatic heterocycles. The molecule has 152 valence electrons. The molecule has 5 heteroatoms. The Bertz CT molecular complexity index is 1040. The second kappa shape index (κ2) is 7.99. The van der Waals surface area contributed by atoms with Crippen LogP contribution in [0.3, 0.4) is 0 Å². The highest BCUT2D eigenvalue weighted by molar-refractivity contribution is 5.79. The molecule has 1 saturated heterocycles. The summed E-state index contributed by atoms with van der Waals surface area (Å²) in [5.41, 5.74) is 5.83. The quantitative estimate of drug-likeness (QED) is 0.710. The van der Waals surface area contributed by atoms with Gasteiger partial charge in [0.2, 0.25) is 5.91 Å². The number of fused-ring (bicyclic) bond motifs is 1. The molecular formula is C24H30N4O. The molecule has 4 rings (SSSR count). The van der Waals surface area contributed by atoms with Crippen molar-refractivity contribution in [3.63, 3.8) is 0 Å². The molecule has 5 nitrogen and oxygen atoms in total. The number of imidazole rings is 1. The first kappa shape index (κ1) is 19.6. The molecule has 0 spiro atoms. The molecular weight excluding hydrogens is 360 g/mol. The Morgan fingerprint density at radius 2 is 2.00 bits per heavy atom. The predicted octanol–water partition coefficient (Wildman–Crippen LogP) is 4.20. The highest BCUT2D eigenvalue weighted by atomic mass is 16.2. The molecule has 2 atom stereocenters. The Morgan fingerprint density at radius 3 is 2.76 bits per heavy atom. The van der Waals surface area contributed by atoms with Gasteiger partial charge in [0.15, 0.2) is 0 Å². The maximum atomic E-state index is 12.8. The topological polar surface area (TPSA) is 50.2 Å². The van der Waals surface area contributed by atoms with E-state index < -0.39 is 0 Å². The van der Waals surface area contributed by atoms with Crippen molar-refractivity contribution in [3.8, 4) is 0 Å². The second-order valence-electron chi connectivity index (χ2n) is 8.28. The fourth-order valence-electron chi connectivity index (χ4n) is 4.36. The largest absolute Gasteiger partial charge is 0.348 e. The number of nitrogens with zero attached hydrogens (tertiary/aromatic N) is 3. The number of carbonyl (C=O) groups is 1. The number of carbonyl (C=O) groups excluding carboxylic acids is 1. The van der Waals surface area contributed by atoms with Gasteiger partial charge in [-0.25, -0.2) is 4.98 Å². The van der Waals surface area contributed by atoms with Crippen molar-refractivity contribution in [1.82, 2.24) is 19.8 Å². The van der Waals surface area contributed by atoms with Gasteiger partial charge < -0.3 is 9.88 Å². The van der Waals surface area contributed by atoms with Crippen LogP contribution in [-0.4, -0.2) is 33.4 Å². The zero-order valence-corrected chi connectivity index (χ0v) is 17.8. The number of amides is 1. The van der Waals surface area contributed by atoms with Crippen molar-refractivity contribution in [2.45, 2.75) is 45.7 Å². The molecule has 2 heterocycles. The summed E-state index contributed by atoms with van der Waals surface area (Å²) in [7, 11) is 2.07. The lowest BCUT2D eigenvalue weighted by Gasteiger charge is -2.24. The Morgan fingerprint density at radius 1 is 1.21 bits per heavy atom. The number of likely N-dealkylation sites (tertiary alicyclic amines) is 1. The third-order valence-electron chi connectivity index (χ3n) is 6.24. The molecule has 0 aliphatic carbocycles. The second-order valence-corrected chi connectivity index (χ2v) is 8.28. The van der Waals surface area contributed by atoms with Gasteiger partial charge in [-0.2, -0.15) is 0 Å². The monoisotopic (exact) mass is 390 g/mol. The predicted molar refractivity (Wildman–Crippen MR) is 117 cm³/mol. The smallest absolute Gasteiger partial charge is 0.234 e. The summed E-state index contributed by atoms with van der Waals surface area (Å²) in [6.45, 7) is 7.60. The number of hydrogen-bond acceptors (Lipinski definition) is 3. The SMILES string of the molecule is Cc1ccc([C@@H](C)NC(=O)CN2CCC[C@H]2c2nc3ccccc3n2C)cc1C. The maximum absolute atomic E-state index is 12.8. The average Bonchev–Trinajstić information content (AvgIpc) is 3.28. The molecule has 1 aromatic heterocycles. The third kappa shape index (κ3) is 3.92. The highest BCUT2D eigenvalue weighted by Gasteiger charge is 2.31. The Balaban J connectivity index is 1.45. The molecule has 1 aliphatic rings. The lowest BCUT2D eigenvalue weighted by Crippen LogP contribution is -2.38. The zero-order chi connectivity index (χ0) is 20.5. The molecule has 1 amide bonds. The van der Waals surface area contributed by atoms with E-state index in [4.69, 9.17) is 4.98 Å². The normalized spacial score (nSPS) is 18.3. The molecule has 0 bridgehead atoms. The Labute approximate surface area is 172 Å². The van der Waals surface area contributed by atoms with Gasteiger partial charge in [0.1, 0.15) is 5.82 Å². The average molecular weight is 391 g/mol. The maximum Gasteiger partial charge on any atom is 0.234 e. The summed E-state index contributed by atoms with van der Waals surface area (Å²) in [4.78, 5) is 19.9. The van der Waals surface area contributed by atoms with Gasteiger partial charge in [0.05, 0.1) is 29.7 Å². The first-order valence-electron chi connectivity index (χ1n) is 10.5. The molecule has 2 aromatic carbocycles.